The van der Waals surface area contributed by atoms with Crippen LogP contribution in [0, 0.1) is 0 Å². The predicted octanol–water partition coefficient (Wildman–Crippen LogP) is 0.242. The van der Waals surface area contributed by atoms with Gasteiger partial charge in [-0.2, -0.15) is 0 Å². The Morgan fingerprint density at radius 3 is 2.67 bits per heavy atom. The Labute approximate surface area is 54.8 Å². The first-order chi connectivity index (χ1) is 4.13. The molecule has 0 bridgehead atoms. The van der Waals surface area contributed by atoms with Gasteiger partial charge in [0.2, 0.25) is 0 Å². The molecule has 0 saturated carbocycles. The average molecular weight is 150 g/mol. The molecule has 0 aliphatic heterocycles. The summed E-state index contributed by atoms with van der Waals surface area (Å²) in [6.07, 6.45) is 0.873. The number of hydrogen-bond acceptors (Lipinski definition) is 3. The highest BCUT2D eigenvalue weighted by Gasteiger charge is 1.85. The highest BCUT2D eigenvalue weighted by Crippen LogP contribution is 1.80. The summed E-state index contributed by atoms with van der Waals surface area (Å²) < 4.78 is 22.1. The maximum Gasteiger partial charge on any atom is 0.307 e. The molecular formula is C4H6O4S. The Kier molecular flexibility index (Phi) is 3.90. The molecule has 0 spiro atoms. The second-order valence-electron chi connectivity index (χ2n) is 1.16. The second-order valence-corrected chi connectivity index (χ2v) is 1.98. The molecule has 0 amide bonds. The van der Waals surface area contributed by atoms with Crippen molar-refractivity contribution in [2.75, 3.05) is 0 Å². The van der Waals surface area contributed by atoms with Gasteiger partial charge in [-0.3, -0.25) is 4.79 Å². The molecule has 0 heterocycles. The number of carbonyl (C=O) groups is 1. The van der Waals surface area contributed by atoms with Gasteiger partial charge in [0.05, 0.1) is 5.41 Å². The molecule has 1 N–H and O–H groups in total. The number of rotatable bonds is 2. The predicted molar refractivity (Wildman–Crippen MR) is 31.7 cm³/mol. The molecule has 0 fully saturated rings. The molecule has 5 heteroatoms. The van der Waals surface area contributed by atoms with Crippen LogP contribution in [0.1, 0.15) is 6.92 Å². The standard InChI is InChI=1S/C4H6O4S/c1-4(5)8-2-3-9(6)7/h2-3H,1H3,(H,6,7). The number of esters is 1. The van der Waals surface area contributed by atoms with E-state index in [1.165, 1.54) is 6.92 Å². The maximum absolute atomic E-state index is 9.97. The van der Waals surface area contributed by atoms with E-state index in [2.05, 4.69) is 4.74 Å². The van der Waals surface area contributed by atoms with Crippen molar-refractivity contribution in [2.45, 2.75) is 6.92 Å². The summed E-state index contributed by atoms with van der Waals surface area (Å²) in [6.45, 7) is 1.20. The van der Waals surface area contributed by atoms with Crippen LogP contribution in [0.2, 0.25) is 0 Å². The van der Waals surface area contributed by atoms with Crippen molar-refractivity contribution in [3.63, 3.8) is 0 Å². The minimum atomic E-state index is -2.04. The molecule has 0 aliphatic rings. The van der Waals surface area contributed by atoms with Crippen LogP contribution in [0.3, 0.4) is 0 Å². The SMILES string of the molecule is CC(=O)OC=CS(=O)O. The van der Waals surface area contributed by atoms with Gasteiger partial charge in [-0.25, -0.2) is 4.21 Å². The minimum absolute atomic E-state index is 0.517. The lowest BCUT2D eigenvalue weighted by Crippen LogP contribution is -1.90. The third-order valence-electron chi connectivity index (χ3n) is 0.406. The molecule has 52 valence electrons. The molecule has 1 unspecified atom stereocenters. The maximum atomic E-state index is 9.97. The van der Waals surface area contributed by atoms with Crippen LogP contribution in [0.5, 0.6) is 0 Å². The molecule has 1 atom stereocenters. The monoisotopic (exact) mass is 150 g/mol. The topological polar surface area (TPSA) is 63.6 Å². The van der Waals surface area contributed by atoms with Crippen molar-refractivity contribution in [2.24, 2.45) is 0 Å². The summed E-state index contributed by atoms with van der Waals surface area (Å²) in [5, 5.41) is 0.849. The van der Waals surface area contributed by atoms with E-state index >= 15 is 0 Å². The lowest BCUT2D eigenvalue weighted by Gasteiger charge is -1.86. The van der Waals surface area contributed by atoms with Gasteiger partial charge in [0.1, 0.15) is 6.26 Å². The fourth-order valence-corrected chi connectivity index (χ4v) is 0.322. The molecule has 4 nitrogen and oxygen atoms in total. The third kappa shape index (κ3) is 7.32. The van der Waals surface area contributed by atoms with Gasteiger partial charge >= 0.3 is 5.97 Å². The Morgan fingerprint density at radius 2 is 2.33 bits per heavy atom. The van der Waals surface area contributed by atoms with Crippen LogP contribution < -0.4 is 0 Å². The zero-order valence-electron chi connectivity index (χ0n) is 4.73. The lowest BCUT2D eigenvalue weighted by molar-refractivity contribution is -0.135. The van der Waals surface area contributed by atoms with E-state index in [0.717, 1.165) is 11.7 Å². The van der Waals surface area contributed by atoms with Gasteiger partial charge in [0.25, 0.3) is 0 Å². The highest BCUT2D eigenvalue weighted by atomic mass is 32.2. The molecular weight excluding hydrogens is 144 g/mol. The largest absolute Gasteiger partial charge is 0.434 e. The summed E-state index contributed by atoms with van der Waals surface area (Å²) >= 11 is -2.04. The van der Waals surface area contributed by atoms with Crippen molar-refractivity contribution in [1.29, 1.82) is 0 Å². The fraction of sp³-hybridized carbons (Fsp3) is 0.250. The van der Waals surface area contributed by atoms with Gasteiger partial charge in [-0.1, -0.05) is 0 Å². The van der Waals surface area contributed by atoms with Crippen LogP contribution in [-0.2, 0) is 20.6 Å². The molecule has 0 rings (SSSR count). The van der Waals surface area contributed by atoms with E-state index < -0.39 is 17.0 Å². The Balaban J connectivity index is 3.48. The molecule has 9 heavy (non-hydrogen) atoms. The first-order valence-electron chi connectivity index (χ1n) is 2.06. The minimum Gasteiger partial charge on any atom is -0.434 e. The molecule has 0 aliphatic carbocycles. The number of ether oxygens (including phenoxy) is 1. The molecule has 0 aromatic heterocycles. The highest BCUT2D eigenvalue weighted by molar-refractivity contribution is 7.82. The van der Waals surface area contributed by atoms with Gasteiger partial charge in [-0.05, 0) is 0 Å². The summed E-state index contributed by atoms with van der Waals surface area (Å²) in [4.78, 5) is 9.97. The zero-order chi connectivity index (χ0) is 7.28. The van der Waals surface area contributed by atoms with Crippen molar-refractivity contribution in [3.05, 3.63) is 11.7 Å². The van der Waals surface area contributed by atoms with E-state index in [4.69, 9.17) is 4.55 Å². The average Bonchev–Trinajstić information content (AvgIpc) is 1.63. The Bertz CT molecular complexity index is 151. The fourth-order valence-electron chi connectivity index (χ4n) is 0.171. The quantitative estimate of drug-likeness (QED) is 0.348. The third-order valence-corrected chi connectivity index (χ3v) is 0.750. The van der Waals surface area contributed by atoms with E-state index in [-0.39, 0.29) is 0 Å². The van der Waals surface area contributed by atoms with Gasteiger partial charge in [0.15, 0.2) is 11.1 Å². The second kappa shape index (κ2) is 4.22. The van der Waals surface area contributed by atoms with Gasteiger partial charge in [0, 0.05) is 6.92 Å². The first kappa shape index (κ1) is 8.32. The number of carbonyl (C=O) groups excluding carboxylic acids is 1. The van der Waals surface area contributed by atoms with Gasteiger partial charge in [-0.15, -0.1) is 0 Å². The summed E-state index contributed by atoms with van der Waals surface area (Å²) in [7, 11) is 0. The molecule has 0 aromatic carbocycles. The van der Waals surface area contributed by atoms with Crippen LogP contribution in [0.15, 0.2) is 11.7 Å². The Morgan fingerprint density at radius 1 is 1.78 bits per heavy atom. The van der Waals surface area contributed by atoms with Gasteiger partial charge < -0.3 is 9.29 Å². The van der Waals surface area contributed by atoms with Crippen molar-refractivity contribution in [3.8, 4) is 0 Å². The van der Waals surface area contributed by atoms with E-state index in [1.807, 2.05) is 0 Å². The summed E-state index contributed by atoms with van der Waals surface area (Å²) in [5.74, 6) is -0.517. The van der Waals surface area contributed by atoms with Crippen LogP contribution >= 0.6 is 0 Å². The Hall–Kier alpha value is -0.680. The summed E-state index contributed by atoms with van der Waals surface area (Å²) in [6, 6.07) is 0. The summed E-state index contributed by atoms with van der Waals surface area (Å²) in [5.41, 5.74) is 0. The molecule has 0 aromatic rings. The molecule has 0 radical (unpaired) electrons. The van der Waals surface area contributed by atoms with Crippen LogP contribution in [0.25, 0.3) is 0 Å². The normalized spacial score (nSPS) is 13.6. The van der Waals surface area contributed by atoms with E-state index in [9.17, 15) is 9.00 Å². The lowest BCUT2D eigenvalue weighted by atomic mass is 10.8. The van der Waals surface area contributed by atoms with Crippen molar-refractivity contribution < 1.29 is 18.3 Å². The molecule has 0 saturated heterocycles. The first-order valence-corrected chi connectivity index (χ1v) is 3.23. The van der Waals surface area contributed by atoms with E-state index in [0.29, 0.717) is 0 Å². The van der Waals surface area contributed by atoms with E-state index in [1.54, 1.807) is 0 Å². The smallest absolute Gasteiger partial charge is 0.307 e. The van der Waals surface area contributed by atoms with Crippen LogP contribution in [0.4, 0.5) is 0 Å². The zero-order valence-corrected chi connectivity index (χ0v) is 5.55. The van der Waals surface area contributed by atoms with Crippen molar-refractivity contribution >= 4 is 17.0 Å². The van der Waals surface area contributed by atoms with Crippen molar-refractivity contribution in [1.82, 2.24) is 0 Å². The van der Waals surface area contributed by atoms with Crippen LogP contribution in [-0.4, -0.2) is 14.7 Å². The number of hydrogen-bond donors (Lipinski definition) is 1.